The molecule has 5 rings (SSSR count). The molecule has 152 valence electrons. The lowest BCUT2D eigenvalue weighted by molar-refractivity contribution is 0.551. The molecule has 2 heterocycles. The van der Waals surface area contributed by atoms with Gasteiger partial charge >= 0.3 is 5.69 Å². The number of hydrogen-bond acceptors (Lipinski definition) is 3. The maximum absolute atomic E-state index is 13.7. The van der Waals surface area contributed by atoms with Crippen LogP contribution in [0.5, 0.6) is 0 Å². The highest BCUT2D eigenvalue weighted by Gasteiger charge is 2.25. The van der Waals surface area contributed by atoms with Gasteiger partial charge in [-0.3, -0.25) is 13.9 Å². The summed E-state index contributed by atoms with van der Waals surface area (Å²) in [6.07, 6.45) is 4.18. The Morgan fingerprint density at radius 2 is 1.60 bits per heavy atom. The zero-order valence-electron chi connectivity index (χ0n) is 17.0. The molecule has 1 aliphatic rings. The minimum atomic E-state index is -0.322. The first-order valence-corrected chi connectivity index (χ1v) is 11.3. The van der Waals surface area contributed by atoms with Crippen molar-refractivity contribution >= 4 is 21.6 Å². The van der Waals surface area contributed by atoms with E-state index in [9.17, 15) is 9.59 Å². The minimum absolute atomic E-state index is 0.143. The summed E-state index contributed by atoms with van der Waals surface area (Å²) in [6, 6.07) is 19.5. The standard InChI is InChI=1S/C25H24N2O2S/c1-17(19-12-6-3-7-13-19)27-23(28)22-20-14-8-9-15-21(20)30-24(22)26(25(27)29)16-18-10-4-2-5-11-18/h2-7,10-13,17H,8-9,14-16H2,1H3. The Hall–Kier alpha value is -2.92. The van der Waals surface area contributed by atoms with Gasteiger partial charge in [-0.25, -0.2) is 4.79 Å². The van der Waals surface area contributed by atoms with Crippen LogP contribution >= 0.6 is 11.3 Å². The molecular formula is C25H24N2O2S. The second kappa shape index (κ2) is 7.73. The molecule has 0 aliphatic heterocycles. The smallest absolute Gasteiger partial charge is 0.280 e. The number of rotatable bonds is 4. The van der Waals surface area contributed by atoms with Crippen LogP contribution in [-0.2, 0) is 19.4 Å². The number of thiophene rings is 1. The molecule has 1 aliphatic carbocycles. The van der Waals surface area contributed by atoms with Crippen LogP contribution < -0.4 is 11.2 Å². The quantitative estimate of drug-likeness (QED) is 0.481. The van der Waals surface area contributed by atoms with Gasteiger partial charge in [0, 0.05) is 4.88 Å². The Balaban J connectivity index is 1.80. The molecule has 4 nitrogen and oxygen atoms in total. The lowest BCUT2D eigenvalue weighted by Gasteiger charge is -2.18. The molecule has 5 heteroatoms. The van der Waals surface area contributed by atoms with E-state index in [0.717, 1.165) is 47.0 Å². The summed E-state index contributed by atoms with van der Waals surface area (Å²) >= 11 is 1.64. The average molecular weight is 417 g/mol. The fourth-order valence-electron chi connectivity index (χ4n) is 4.51. The van der Waals surface area contributed by atoms with Crippen molar-refractivity contribution in [1.82, 2.24) is 9.13 Å². The van der Waals surface area contributed by atoms with Crippen molar-refractivity contribution in [1.29, 1.82) is 0 Å². The van der Waals surface area contributed by atoms with E-state index in [1.54, 1.807) is 11.3 Å². The van der Waals surface area contributed by atoms with Gasteiger partial charge in [-0.05, 0) is 49.3 Å². The highest BCUT2D eigenvalue weighted by atomic mass is 32.1. The number of nitrogens with zero attached hydrogens (tertiary/aromatic N) is 2. The number of benzene rings is 2. The normalized spacial score (nSPS) is 14.6. The van der Waals surface area contributed by atoms with Crippen LogP contribution in [0.1, 0.15) is 47.4 Å². The van der Waals surface area contributed by atoms with Gasteiger partial charge in [0.1, 0.15) is 4.83 Å². The number of aromatic nitrogens is 2. The highest BCUT2D eigenvalue weighted by molar-refractivity contribution is 7.18. The monoisotopic (exact) mass is 416 g/mol. The Kier molecular flexibility index (Phi) is 4.91. The first-order chi connectivity index (χ1) is 14.6. The summed E-state index contributed by atoms with van der Waals surface area (Å²) in [5, 5.41) is 0.757. The molecule has 0 saturated heterocycles. The van der Waals surface area contributed by atoms with E-state index < -0.39 is 0 Å². The molecule has 30 heavy (non-hydrogen) atoms. The topological polar surface area (TPSA) is 44.0 Å². The van der Waals surface area contributed by atoms with Gasteiger partial charge in [-0.2, -0.15) is 0 Å². The second-order valence-corrected chi connectivity index (χ2v) is 9.09. The van der Waals surface area contributed by atoms with Crippen molar-refractivity contribution in [3.63, 3.8) is 0 Å². The molecule has 0 amide bonds. The SMILES string of the molecule is CC(c1ccccc1)n1c(=O)c2c3c(sc2n(Cc2ccccc2)c1=O)CCCC3. The van der Waals surface area contributed by atoms with Gasteiger partial charge in [-0.1, -0.05) is 60.7 Å². The van der Waals surface area contributed by atoms with E-state index in [0.29, 0.717) is 6.54 Å². The van der Waals surface area contributed by atoms with Gasteiger partial charge in [0.25, 0.3) is 5.56 Å². The fraction of sp³-hybridized carbons (Fsp3) is 0.280. The largest absolute Gasteiger partial charge is 0.332 e. The van der Waals surface area contributed by atoms with Crippen LogP contribution in [-0.4, -0.2) is 9.13 Å². The van der Waals surface area contributed by atoms with Crippen LogP contribution in [0.3, 0.4) is 0 Å². The molecule has 2 aromatic heterocycles. The highest BCUT2D eigenvalue weighted by Crippen LogP contribution is 2.34. The van der Waals surface area contributed by atoms with E-state index >= 15 is 0 Å². The number of fused-ring (bicyclic) bond motifs is 3. The fourth-order valence-corrected chi connectivity index (χ4v) is 5.89. The molecule has 4 aromatic rings. The number of hydrogen-bond donors (Lipinski definition) is 0. The Labute approximate surface area is 179 Å². The maximum Gasteiger partial charge on any atom is 0.332 e. The first-order valence-electron chi connectivity index (χ1n) is 10.5. The summed E-state index contributed by atoms with van der Waals surface area (Å²) in [7, 11) is 0. The summed E-state index contributed by atoms with van der Waals surface area (Å²) in [4.78, 5) is 29.4. The Morgan fingerprint density at radius 3 is 2.33 bits per heavy atom. The van der Waals surface area contributed by atoms with Crippen molar-refractivity contribution in [3.8, 4) is 0 Å². The zero-order valence-corrected chi connectivity index (χ0v) is 17.8. The van der Waals surface area contributed by atoms with Crippen molar-refractivity contribution in [2.24, 2.45) is 0 Å². The van der Waals surface area contributed by atoms with E-state index in [2.05, 4.69) is 0 Å². The summed E-state index contributed by atoms with van der Waals surface area (Å²) in [5.41, 5.74) is 2.82. The van der Waals surface area contributed by atoms with Crippen LogP contribution in [0.15, 0.2) is 70.3 Å². The Morgan fingerprint density at radius 1 is 0.933 bits per heavy atom. The van der Waals surface area contributed by atoms with Gasteiger partial charge in [0.2, 0.25) is 0 Å². The van der Waals surface area contributed by atoms with Crippen molar-refractivity contribution in [2.45, 2.75) is 45.2 Å². The van der Waals surface area contributed by atoms with Gasteiger partial charge in [-0.15, -0.1) is 11.3 Å². The van der Waals surface area contributed by atoms with E-state index in [1.807, 2.05) is 72.2 Å². The third kappa shape index (κ3) is 3.14. The van der Waals surface area contributed by atoms with Gasteiger partial charge < -0.3 is 0 Å². The predicted molar refractivity (Wildman–Crippen MR) is 123 cm³/mol. The summed E-state index contributed by atoms with van der Waals surface area (Å²) < 4.78 is 3.27. The molecule has 0 saturated carbocycles. The molecule has 0 spiro atoms. The van der Waals surface area contributed by atoms with Crippen molar-refractivity contribution in [3.05, 3.63) is 103 Å². The van der Waals surface area contributed by atoms with Crippen LogP contribution in [0.2, 0.25) is 0 Å². The van der Waals surface area contributed by atoms with E-state index in [4.69, 9.17) is 0 Å². The summed E-state index contributed by atoms with van der Waals surface area (Å²) in [6.45, 7) is 2.41. The predicted octanol–water partition coefficient (Wildman–Crippen LogP) is 4.76. The average Bonchev–Trinajstić information content (AvgIpc) is 3.18. The lowest BCUT2D eigenvalue weighted by Crippen LogP contribution is -2.42. The Bertz CT molecular complexity index is 1320. The van der Waals surface area contributed by atoms with Gasteiger partial charge in [0.15, 0.2) is 0 Å². The van der Waals surface area contributed by atoms with Crippen LogP contribution in [0.4, 0.5) is 0 Å². The number of aryl methyl sites for hydroxylation is 2. The second-order valence-electron chi connectivity index (χ2n) is 8.01. The summed E-state index contributed by atoms with van der Waals surface area (Å²) in [5.74, 6) is 0. The minimum Gasteiger partial charge on any atom is -0.280 e. The van der Waals surface area contributed by atoms with Crippen molar-refractivity contribution < 1.29 is 0 Å². The third-order valence-electron chi connectivity index (χ3n) is 6.12. The maximum atomic E-state index is 13.7. The molecule has 1 atom stereocenters. The molecule has 2 aromatic carbocycles. The van der Waals surface area contributed by atoms with Crippen LogP contribution in [0, 0.1) is 0 Å². The molecule has 0 N–H and O–H groups in total. The molecule has 0 fully saturated rings. The van der Waals surface area contributed by atoms with Gasteiger partial charge in [0.05, 0.1) is 18.0 Å². The van der Waals surface area contributed by atoms with Crippen molar-refractivity contribution in [2.75, 3.05) is 0 Å². The molecule has 1 unspecified atom stereocenters. The zero-order chi connectivity index (χ0) is 20.7. The molecule has 0 radical (unpaired) electrons. The van der Waals surface area contributed by atoms with E-state index in [1.165, 1.54) is 15.0 Å². The van der Waals surface area contributed by atoms with Crippen LogP contribution in [0.25, 0.3) is 10.2 Å². The van der Waals surface area contributed by atoms with E-state index in [-0.39, 0.29) is 17.3 Å². The third-order valence-corrected chi connectivity index (χ3v) is 7.44. The lowest BCUT2D eigenvalue weighted by atomic mass is 9.97. The first kappa shape index (κ1) is 19.1. The molecular weight excluding hydrogens is 392 g/mol. The molecule has 0 bridgehead atoms.